The minimum absolute atomic E-state index is 0.0235. The number of nitro groups is 1. The van der Waals surface area contributed by atoms with E-state index >= 15 is 0 Å². The summed E-state index contributed by atoms with van der Waals surface area (Å²) in [4.78, 5) is 36.3. The second-order valence-corrected chi connectivity index (χ2v) is 4.84. The van der Waals surface area contributed by atoms with Gasteiger partial charge in [0.25, 0.3) is 5.69 Å². The summed E-state index contributed by atoms with van der Waals surface area (Å²) in [5, 5.41) is 10.7. The molecule has 1 aromatic carbocycles. The summed E-state index contributed by atoms with van der Waals surface area (Å²) >= 11 is 0. The highest BCUT2D eigenvalue weighted by Gasteiger charge is 2.21. The molecule has 8 nitrogen and oxygen atoms in total. The number of benzene rings is 1. The standard InChI is InChI=1S/C14H16N4O4/c15-14(20)17-8-6-16(7-9-17)13(19)5-4-11-2-1-3-12(10-11)18(21)22/h1-5,10H,6-9H2,(H2,15,20)/b5-4+. The molecule has 1 aliphatic heterocycles. The predicted octanol–water partition coefficient (Wildman–Crippen LogP) is 0.831. The molecule has 1 heterocycles. The molecule has 22 heavy (non-hydrogen) atoms. The first kappa shape index (κ1) is 15.5. The summed E-state index contributed by atoms with van der Waals surface area (Å²) in [7, 11) is 0. The Morgan fingerprint density at radius 3 is 2.41 bits per heavy atom. The van der Waals surface area contributed by atoms with Crippen molar-refractivity contribution in [3.05, 3.63) is 46.0 Å². The first-order valence-electron chi connectivity index (χ1n) is 6.73. The summed E-state index contributed by atoms with van der Waals surface area (Å²) in [5.74, 6) is -0.198. The molecular formula is C14H16N4O4. The van der Waals surface area contributed by atoms with Gasteiger partial charge in [-0.15, -0.1) is 0 Å². The molecule has 116 valence electrons. The van der Waals surface area contributed by atoms with Crippen LogP contribution in [0.25, 0.3) is 6.08 Å². The predicted molar refractivity (Wildman–Crippen MR) is 79.9 cm³/mol. The van der Waals surface area contributed by atoms with Crippen LogP contribution in [0.1, 0.15) is 5.56 Å². The number of hydrogen-bond acceptors (Lipinski definition) is 4. The first-order chi connectivity index (χ1) is 10.5. The van der Waals surface area contributed by atoms with E-state index in [4.69, 9.17) is 5.73 Å². The van der Waals surface area contributed by atoms with Crippen LogP contribution in [0.4, 0.5) is 10.5 Å². The number of carbonyl (C=O) groups excluding carboxylic acids is 2. The van der Waals surface area contributed by atoms with Crippen LogP contribution in [-0.4, -0.2) is 52.8 Å². The number of amides is 3. The molecule has 0 radical (unpaired) electrons. The highest BCUT2D eigenvalue weighted by molar-refractivity contribution is 5.92. The average Bonchev–Trinajstić information content (AvgIpc) is 2.53. The fourth-order valence-corrected chi connectivity index (χ4v) is 2.16. The summed E-state index contributed by atoms with van der Waals surface area (Å²) < 4.78 is 0. The molecule has 0 spiro atoms. The molecule has 2 rings (SSSR count). The van der Waals surface area contributed by atoms with Gasteiger partial charge in [0, 0.05) is 44.4 Å². The van der Waals surface area contributed by atoms with Crippen molar-refractivity contribution in [2.24, 2.45) is 5.73 Å². The van der Waals surface area contributed by atoms with Crippen molar-refractivity contribution in [1.82, 2.24) is 9.80 Å². The van der Waals surface area contributed by atoms with Crippen molar-refractivity contribution in [3.63, 3.8) is 0 Å². The van der Waals surface area contributed by atoms with Crippen molar-refractivity contribution in [1.29, 1.82) is 0 Å². The molecule has 8 heteroatoms. The van der Waals surface area contributed by atoms with Gasteiger partial charge in [-0.1, -0.05) is 12.1 Å². The van der Waals surface area contributed by atoms with Gasteiger partial charge in [-0.3, -0.25) is 14.9 Å². The molecule has 0 aromatic heterocycles. The third-order valence-corrected chi connectivity index (χ3v) is 3.40. The molecule has 0 saturated carbocycles. The zero-order valence-electron chi connectivity index (χ0n) is 11.8. The van der Waals surface area contributed by atoms with Crippen molar-refractivity contribution in [2.45, 2.75) is 0 Å². The number of piperazine rings is 1. The van der Waals surface area contributed by atoms with Gasteiger partial charge < -0.3 is 15.5 Å². The minimum Gasteiger partial charge on any atom is -0.351 e. The third-order valence-electron chi connectivity index (χ3n) is 3.40. The van der Waals surface area contributed by atoms with Crippen LogP contribution in [0.2, 0.25) is 0 Å². The van der Waals surface area contributed by atoms with Crippen molar-refractivity contribution in [2.75, 3.05) is 26.2 Å². The minimum atomic E-state index is -0.487. The summed E-state index contributed by atoms with van der Waals surface area (Å²) in [6.45, 7) is 1.65. The molecule has 1 fully saturated rings. The highest BCUT2D eigenvalue weighted by Crippen LogP contribution is 2.14. The lowest BCUT2D eigenvalue weighted by molar-refractivity contribution is -0.384. The molecular weight excluding hydrogens is 288 g/mol. The van der Waals surface area contributed by atoms with Crippen LogP contribution >= 0.6 is 0 Å². The van der Waals surface area contributed by atoms with E-state index in [1.807, 2.05) is 0 Å². The summed E-state index contributed by atoms with van der Waals surface area (Å²) in [6, 6.07) is 5.55. The van der Waals surface area contributed by atoms with E-state index in [9.17, 15) is 19.7 Å². The maximum absolute atomic E-state index is 12.0. The van der Waals surface area contributed by atoms with Crippen LogP contribution in [0, 0.1) is 10.1 Å². The number of urea groups is 1. The number of primary amides is 1. The molecule has 0 atom stereocenters. The van der Waals surface area contributed by atoms with Crippen molar-refractivity contribution >= 4 is 23.7 Å². The topological polar surface area (TPSA) is 110 Å². The molecule has 0 unspecified atom stereocenters. The maximum atomic E-state index is 12.0. The van der Waals surface area contributed by atoms with E-state index in [1.54, 1.807) is 17.0 Å². The number of nitrogens with zero attached hydrogens (tertiary/aromatic N) is 3. The Kier molecular flexibility index (Phi) is 4.72. The molecule has 1 aromatic rings. The summed E-state index contributed by atoms with van der Waals surface area (Å²) in [5.41, 5.74) is 5.73. The molecule has 0 aliphatic carbocycles. The number of nitrogens with two attached hydrogens (primary N) is 1. The fourth-order valence-electron chi connectivity index (χ4n) is 2.16. The molecule has 1 saturated heterocycles. The number of hydrogen-bond donors (Lipinski definition) is 1. The Balaban J connectivity index is 1.96. The van der Waals surface area contributed by atoms with Gasteiger partial charge in [-0.2, -0.15) is 0 Å². The number of nitro benzene ring substituents is 1. The van der Waals surface area contributed by atoms with Crippen LogP contribution in [0.3, 0.4) is 0 Å². The molecule has 2 N–H and O–H groups in total. The maximum Gasteiger partial charge on any atom is 0.314 e. The number of carbonyl (C=O) groups is 2. The second kappa shape index (κ2) is 6.70. The smallest absolute Gasteiger partial charge is 0.314 e. The van der Waals surface area contributed by atoms with Gasteiger partial charge >= 0.3 is 6.03 Å². The van der Waals surface area contributed by atoms with Gasteiger partial charge in [0.05, 0.1) is 4.92 Å². The van der Waals surface area contributed by atoms with Crippen molar-refractivity contribution in [3.8, 4) is 0 Å². The quantitative estimate of drug-likeness (QED) is 0.506. The zero-order chi connectivity index (χ0) is 16.1. The number of non-ortho nitro benzene ring substituents is 1. The van der Waals surface area contributed by atoms with E-state index in [-0.39, 0.29) is 11.6 Å². The normalized spacial score (nSPS) is 15.1. The van der Waals surface area contributed by atoms with Crippen LogP contribution < -0.4 is 5.73 Å². The lowest BCUT2D eigenvalue weighted by atomic mass is 10.2. The lowest BCUT2D eigenvalue weighted by Crippen LogP contribution is -2.51. The Labute approximate surface area is 126 Å². The monoisotopic (exact) mass is 304 g/mol. The van der Waals surface area contributed by atoms with Gasteiger partial charge in [0.15, 0.2) is 0 Å². The van der Waals surface area contributed by atoms with E-state index in [1.165, 1.54) is 29.2 Å². The Bertz CT molecular complexity index is 621. The Hall–Kier alpha value is -2.90. The second-order valence-electron chi connectivity index (χ2n) is 4.84. The molecule has 3 amide bonds. The molecule has 1 aliphatic rings. The largest absolute Gasteiger partial charge is 0.351 e. The van der Waals surface area contributed by atoms with E-state index < -0.39 is 11.0 Å². The molecule has 0 bridgehead atoms. The van der Waals surface area contributed by atoms with Gasteiger partial charge in [0.2, 0.25) is 5.91 Å². The lowest BCUT2D eigenvalue weighted by Gasteiger charge is -2.33. The third kappa shape index (κ3) is 3.81. The van der Waals surface area contributed by atoms with Crippen LogP contribution in [0.15, 0.2) is 30.3 Å². The SMILES string of the molecule is NC(=O)N1CCN(C(=O)/C=C/c2cccc([N+](=O)[O-])c2)CC1. The van der Waals surface area contributed by atoms with Crippen molar-refractivity contribution < 1.29 is 14.5 Å². The zero-order valence-corrected chi connectivity index (χ0v) is 11.8. The van der Waals surface area contributed by atoms with Crippen LogP contribution in [-0.2, 0) is 4.79 Å². The van der Waals surface area contributed by atoms with E-state index in [0.717, 1.165) is 0 Å². The van der Waals surface area contributed by atoms with Crippen LogP contribution in [0.5, 0.6) is 0 Å². The van der Waals surface area contributed by atoms with Gasteiger partial charge in [-0.05, 0) is 11.6 Å². The highest BCUT2D eigenvalue weighted by atomic mass is 16.6. The fraction of sp³-hybridized carbons (Fsp3) is 0.286. The van der Waals surface area contributed by atoms with E-state index in [2.05, 4.69) is 0 Å². The first-order valence-corrected chi connectivity index (χ1v) is 6.73. The number of rotatable bonds is 3. The average molecular weight is 304 g/mol. The summed E-state index contributed by atoms with van der Waals surface area (Å²) in [6.07, 6.45) is 2.91. The van der Waals surface area contributed by atoms with Gasteiger partial charge in [-0.25, -0.2) is 4.79 Å². The Morgan fingerprint density at radius 1 is 1.18 bits per heavy atom. The van der Waals surface area contributed by atoms with Gasteiger partial charge in [0.1, 0.15) is 0 Å². The Morgan fingerprint density at radius 2 is 1.82 bits per heavy atom. The van der Waals surface area contributed by atoms with E-state index in [0.29, 0.717) is 31.7 Å².